The first kappa shape index (κ1) is 12.8. The number of anilines is 1. The quantitative estimate of drug-likeness (QED) is 0.860. The Morgan fingerprint density at radius 1 is 1.33 bits per heavy atom. The van der Waals surface area contributed by atoms with Gasteiger partial charge < -0.3 is 15.0 Å². The van der Waals surface area contributed by atoms with Crippen LogP contribution in [0.2, 0.25) is 0 Å². The Labute approximate surface area is 102 Å². The molecule has 2 rings (SSSR count). The van der Waals surface area contributed by atoms with Gasteiger partial charge in [0.15, 0.2) is 0 Å². The molecule has 0 saturated heterocycles. The molecule has 1 heterocycles. The first-order valence-electron chi connectivity index (χ1n) is 5.38. The van der Waals surface area contributed by atoms with Gasteiger partial charge in [-0.05, 0) is 18.2 Å². The first-order valence-corrected chi connectivity index (χ1v) is 5.38. The third kappa shape index (κ3) is 2.28. The zero-order chi connectivity index (χ0) is 13.3. The van der Waals surface area contributed by atoms with Gasteiger partial charge in [-0.2, -0.15) is 13.2 Å². The molecule has 0 bridgehead atoms. The summed E-state index contributed by atoms with van der Waals surface area (Å²) in [5.41, 5.74) is 5.09. The molecule has 0 aliphatic heterocycles. The number of alkyl halides is 3. The lowest BCUT2D eigenvalue weighted by Crippen LogP contribution is -2.09. The van der Waals surface area contributed by atoms with E-state index in [-0.39, 0.29) is 5.69 Å². The van der Waals surface area contributed by atoms with Gasteiger partial charge in [0.25, 0.3) is 0 Å². The minimum absolute atomic E-state index is 0.257. The molecule has 0 saturated carbocycles. The van der Waals surface area contributed by atoms with E-state index in [4.69, 9.17) is 10.5 Å². The summed E-state index contributed by atoms with van der Waals surface area (Å²) in [6.07, 6.45) is -2.70. The monoisotopic (exact) mass is 258 g/mol. The van der Waals surface area contributed by atoms with Crippen molar-refractivity contribution in [2.45, 2.75) is 12.7 Å². The van der Waals surface area contributed by atoms with Crippen LogP contribution in [0.4, 0.5) is 18.9 Å². The van der Waals surface area contributed by atoms with E-state index >= 15 is 0 Å². The lowest BCUT2D eigenvalue weighted by atomic mass is 10.1. The Balaban J connectivity index is 2.49. The van der Waals surface area contributed by atoms with Gasteiger partial charge in [0.1, 0.15) is 0 Å². The third-order valence-electron chi connectivity index (χ3n) is 2.78. The van der Waals surface area contributed by atoms with Crippen LogP contribution in [-0.2, 0) is 17.5 Å². The molecule has 2 N–H and O–H groups in total. The highest BCUT2D eigenvalue weighted by molar-refractivity contribution is 5.85. The molecule has 0 spiro atoms. The van der Waals surface area contributed by atoms with Crippen LogP contribution in [0.15, 0.2) is 24.4 Å². The van der Waals surface area contributed by atoms with Gasteiger partial charge in [-0.25, -0.2) is 0 Å². The highest BCUT2D eigenvalue weighted by Gasteiger charge is 2.33. The molecule has 0 amide bonds. The van der Waals surface area contributed by atoms with E-state index in [1.807, 2.05) is 4.57 Å². The number of nitrogens with zero attached hydrogens (tertiary/aromatic N) is 1. The molecular formula is C12H13F3N2O. The highest BCUT2D eigenvalue weighted by Crippen LogP contribution is 2.36. The SMILES string of the molecule is COCCn1ccc2cc(C(F)(F)F)c(N)cc21. The summed E-state index contributed by atoms with van der Waals surface area (Å²) in [6.45, 7) is 1.06. The number of rotatable bonds is 3. The fourth-order valence-electron chi connectivity index (χ4n) is 1.88. The number of aromatic nitrogens is 1. The average Bonchev–Trinajstić information content (AvgIpc) is 2.66. The van der Waals surface area contributed by atoms with Crippen molar-refractivity contribution in [2.24, 2.45) is 0 Å². The number of hydrogen-bond donors (Lipinski definition) is 1. The number of hydrogen-bond acceptors (Lipinski definition) is 2. The van der Waals surface area contributed by atoms with Crippen molar-refractivity contribution in [1.82, 2.24) is 4.57 Å². The van der Waals surface area contributed by atoms with E-state index in [0.717, 1.165) is 6.07 Å². The average molecular weight is 258 g/mol. The van der Waals surface area contributed by atoms with Crippen molar-refractivity contribution in [1.29, 1.82) is 0 Å². The minimum Gasteiger partial charge on any atom is -0.398 e. The Kier molecular flexibility index (Phi) is 3.21. The molecule has 0 fully saturated rings. The van der Waals surface area contributed by atoms with Gasteiger partial charge in [0.2, 0.25) is 0 Å². The van der Waals surface area contributed by atoms with Gasteiger partial charge in [-0.3, -0.25) is 0 Å². The van der Waals surface area contributed by atoms with Gasteiger partial charge in [0, 0.05) is 30.9 Å². The molecule has 0 aliphatic rings. The molecule has 6 heteroatoms. The van der Waals surface area contributed by atoms with Crippen molar-refractivity contribution in [3.8, 4) is 0 Å². The first-order chi connectivity index (χ1) is 8.43. The van der Waals surface area contributed by atoms with Crippen molar-refractivity contribution >= 4 is 16.6 Å². The molecule has 18 heavy (non-hydrogen) atoms. The summed E-state index contributed by atoms with van der Waals surface area (Å²) < 4.78 is 44.8. The predicted octanol–water partition coefficient (Wildman–Crippen LogP) is 2.89. The third-order valence-corrected chi connectivity index (χ3v) is 2.78. The van der Waals surface area contributed by atoms with Gasteiger partial charge >= 0.3 is 6.18 Å². The van der Waals surface area contributed by atoms with Crippen LogP contribution in [0, 0.1) is 0 Å². The number of nitrogens with two attached hydrogens (primary N) is 1. The second-order valence-corrected chi connectivity index (χ2v) is 4.00. The summed E-state index contributed by atoms with van der Waals surface area (Å²) in [4.78, 5) is 0. The van der Waals surface area contributed by atoms with E-state index in [1.54, 1.807) is 19.4 Å². The van der Waals surface area contributed by atoms with Crippen LogP contribution in [0.3, 0.4) is 0 Å². The van der Waals surface area contributed by atoms with Crippen LogP contribution in [0.25, 0.3) is 10.9 Å². The Hall–Kier alpha value is -1.69. The van der Waals surface area contributed by atoms with E-state index in [2.05, 4.69) is 0 Å². The molecular weight excluding hydrogens is 245 g/mol. The van der Waals surface area contributed by atoms with Gasteiger partial charge in [-0.15, -0.1) is 0 Å². The standard InChI is InChI=1S/C12H13F3N2O/c1-18-5-4-17-3-2-8-6-9(12(13,14)15)10(16)7-11(8)17/h2-3,6-7H,4-5,16H2,1H3. The largest absolute Gasteiger partial charge is 0.418 e. The van der Waals surface area contributed by atoms with Crippen LogP contribution >= 0.6 is 0 Å². The summed E-state index contributed by atoms with van der Waals surface area (Å²) >= 11 is 0. The van der Waals surface area contributed by atoms with Crippen molar-refractivity contribution in [3.63, 3.8) is 0 Å². The molecule has 1 aromatic heterocycles. The van der Waals surface area contributed by atoms with E-state index in [0.29, 0.717) is 24.1 Å². The van der Waals surface area contributed by atoms with Crippen LogP contribution in [0.5, 0.6) is 0 Å². The maximum absolute atomic E-state index is 12.7. The molecule has 0 atom stereocenters. The van der Waals surface area contributed by atoms with Crippen molar-refractivity contribution in [2.75, 3.05) is 19.5 Å². The van der Waals surface area contributed by atoms with E-state index < -0.39 is 11.7 Å². The zero-order valence-electron chi connectivity index (χ0n) is 9.79. The van der Waals surface area contributed by atoms with Crippen LogP contribution < -0.4 is 5.73 Å². The summed E-state index contributed by atoms with van der Waals surface area (Å²) in [6, 6.07) is 4.07. The zero-order valence-corrected chi connectivity index (χ0v) is 9.79. The number of methoxy groups -OCH3 is 1. The number of benzene rings is 1. The lowest BCUT2D eigenvalue weighted by Gasteiger charge is -2.11. The second kappa shape index (κ2) is 4.53. The number of fused-ring (bicyclic) bond motifs is 1. The van der Waals surface area contributed by atoms with Crippen molar-refractivity contribution in [3.05, 3.63) is 30.0 Å². The molecule has 1 aromatic carbocycles. The van der Waals surface area contributed by atoms with Gasteiger partial charge in [-0.1, -0.05) is 0 Å². The predicted molar refractivity (Wildman–Crippen MR) is 63.2 cm³/mol. The molecule has 0 radical (unpaired) electrons. The minimum atomic E-state index is -4.42. The molecule has 0 aliphatic carbocycles. The topological polar surface area (TPSA) is 40.2 Å². The summed E-state index contributed by atoms with van der Waals surface area (Å²) in [7, 11) is 1.57. The maximum atomic E-state index is 12.7. The van der Waals surface area contributed by atoms with Crippen LogP contribution in [-0.4, -0.2) is 18.3 Å². The second-order valence-electron chi connectivity index (χ2n) is 4.00. The Morgan fingerprint density at radius 2 is 2.06 bits per heavy atom. The smallest absolute Gasteiger partial charge is 0.398 e. The van der Waals surface area contributed by atoms with E-state index in [9.17, 15) is 13.2 Å². The lowest BCUT2D eigenvalue weighted by molar-refractivity contribution is -0.136. The molecule has 98 valence electrons. The fraction of sp³-hybridized carbons (Fsp3) is 0.333. The van der Waals surface area contributed by atoms with Crippen LogP contribution in [0.1, 0.15) is 5.56 Å². The number of ether oxygens (including phenoxy) is 1. The molecule has 0 unspecified atom stereocenters. The number of halogens is 3. The number of nitrogen functional groups attached to an aromatic ring is 1. The highest BCUT2D eigenvalue weighted by atomic mass is 19.4. The molecule has 2 aromatic rings. The Bertz CT molecular complexity index is 560. The normalized spacial score (nSPS) is 12.2. The van der Waals surface area contributed by atoms with Crippen molar-refractivity contribution < 1.29 is 17.9 Å². The summed E-state index contributed by atoms with van der Waals surface area (Å²) in [5.74, 6) is 0. The molecule has 3 nitrogen and oxygen atoms in total. The maximum Gasteiger partial charge on any atom is 0.418 e. The fourth-order valence-corrected chi connectivity index (χ4v) is 1.88. The van der Waals surface area contributed by atoms with Gasteiger partial charge in [0.05, 0.1) is 17.7 Å². The Morgan fingerprint density at radius 3 is 2.67 bits per heavy atom. The van der Waals surface area contributed by atoms with E-state index in [1.165, 1.54) is 6.07 Å². The summed E-state index contributed by atoms with van der Waals surface area (Å²) in [5, 5.41) is 0.521.